The van der Waals surface area contributed by atoms with Crippen LogP contribution in [0, 0.1) is 13.8 Å². The molecule has 0 aliphatic rings. The molecule has 1 N–H and O–H groups in total. The van der Waals surface area contributed by atoms with Crippen molar-refractivity contribution >= 4 is 5.69 Å². The zero-order valence-electron chi connectivity index (χ0n) is 13.0. The molecule has 0 atom stereocenters. The Hall–Kier alpha value is -1.05. The first-order valence-corrected chi connectivity index (χ1v) is 7.92. The fraction of sp³-hybridized carbons (Fsp3) is 0.706. The van der Waals surface area contributed by atoms with E-state index in [1.165, 1.54) is 57.1 Å². The number of rotatable bonds is 10. The third-order valence-corrected chi connectivity index (χ3v) is 3.57. The van der Waals surface area contributed by atoms with E-state index in [9.17, 15) is 0 Å². The summed E-state index contributed by atoms with van der Waals surface area (Å²) < 4.78 is 0. The molecule has 0 saturated heterocycles. The minimum absolute atomic E-state index is 1.07. The average molecular weight is 262 g/mol. The van der Waals surface area contributed by atoms with E-state index >= 15 is 0 Å². The van der Waals surface area contributed by atoms with Crippen LogP contribution in [0.4, 0.5) is 5.69 Å². The van der Waals surface area contributed by atoms with Crippen molar-refractivity contribution in [1.29, 1.82) is 0 Å². The molecule has 0 bridgehead atoms. The van der Waals surface area contributed by atoms with Gasteiger partial charge in [0, 0.05) is 12.2 Å². The number of aromatic nitrogens is 1. The van der Waals surface area contributed by atoms with E-state index in [2.05, 4.69) is 36.3 Å². The normalized spacial score (nSPS) is 10.7. The van der Waals surface area contributed by atoms with Crippen molar-refractivity contribution in [3.05, 3.63) is 23.5 Å². The molecule has 0 amide bonds. The van der Waals surface area contributed by atoms with E-state index < -0.39 is 0 Å². The minimum Gasteiger partial charge on any atom is -0.384 e. The van der Waals surface area contributed by atoms with Crippen LogP contribution >= 0.6 is 0 Å². The molecule has 0 aliphatic heterocycles. The summed E-state index contributed by atoms with van der Waals surface area (Å²) in [5.41, 5.74) is 3.39. The molecule has 0 saturated carbocycles. The lowest BCUT2D eigenvalue weighted by Crippen LogP contribution is -2.04. The zero-order valence-corrected chi connectivity index (χ0v) is 13.0. The van der Waals surface area contributed by atoms with Crippen LogP contribution in [-0.2, 0) is 0 Å². The molecule has 0 aliphatic carbocycles. The van der Waals surface area contributed by atoms with Gasteiger partial charge in [-0.25, -0.2) is 0 Å². The molecule has 0 unspecified atom stereocenters. The maximum Gasteiger partial charge on any atom is 0.0606 e. The third-order valence-electron chi connectivity index (χ3n) is 3.57. The van der Waals surface area contributed by atoms with Crippen LogP contribution in [0.25, 0.3) is 0 Å². The molecule has 2 nitrogen and oxygen atoms in total. The Bertz CT molecular complexity index is 347. The molecule has 0 aromatic carbocycles. The van der Waals surface area contributed by atoms with Gasteiger partial charge in [0.2, 0.25) is 0 Å². The van der Waals surface area contributed by atoms with Gasteiger partial charge < -0.3 is 5.32 Å². The largest absolute Gasteiger partial charge is 0.384 e. The summed E-state index contributed by atoms with van der Waals surface area (Å²) in [6.45, 7) is 7.45. The summed E-state index contributed by atoms with van der Waals surface area (Å²) in [4.78, 5) is 4.47. The lowest BCUT2D eigenvalue weighted by molar-refractivity contribution is 0.581. The van der Waals surface area contributed by atoms with Gasteiger partial charge in [-0.2, -0.15) is 0 Å². The number of hydrogen-bond acceptors (Lipinski definition) is 2. The fourth-order valence-corrected chi connectivity index (χ4v) is 2.36. The van der Waals surface area contributed by atoms with Crippen LogP contribution in [0.1, 0.15) is 69.7 Å². The van der Waals surface area contributed by atoms with Crippen LogP contribution in [0.2, 0.25) is 0 Å². The van der Waals surface area contributed by atoms with Gasteiger partial charge in [0.15, 0.2) is 0 Å². The monoisotopic (exact) mass is 262 g/mol. The second-order valence-corrected chi connectivity index (χ2v) is 5.49. The van der Waals surface area contributed by atoms with Crippen molar-refractivity contribution < 1.29 is 0 Å². The van der Waals surface area contributed by atoms with E-state index in [-0.39, 0.29) is 0 Å². The number of pyridine rings is 1. The summed E-state index contributed by atoms with van der Waals surface area (Å²) >= 11 is 0. The van der Waals surface area contributed by atoms with E-state index in [1.807, 2.05) is 6.92 Å². The molecule has 1 aromatic heterocycles. The van der Waals surface area contributed by atoms with E-state index in [1.54, 1.807) is 0 Å². The number of aryl methyl sites for hydroxylation is 2. The molecule has 0 spiro atoms. The van der Waals surface area contributed by atoms with Crippen molar-refractivity contribution in [1.82, 2.24) is 4.98 Å². The highest BCUT2D eigenvalue weighted by molar-refractivity contribution is 5.47. The maximum atomic E-state index is 4.47. The van der Waals surface area contributed by atoms with Gasteiger partial charge >= 0.3 is 0 Å². The predicted octanol–water partition coefficient (Wildman–Crippen LogP) is 5.25. The van der Waals surface area contributed by atoms with Gasteiger partial charge in [0.25, 0.3) is 0 Å². The number of nitrogens with zero attached hydrogens (tertiary/aromatic N) is 1. The van der Waals surface area contributed by atoms with Gasteiger partial charge in [-0.05, 0) is 32.4 Å². The molecule has 1 heterocycles. The van der Waals surface area contributed by atoms with Crippen LogP contribution in [0.5, 0.6) is 0 Å². The predicted molar refractivity (Wildman–Crippen MR) is 84.8 cm³/mol. The Labute approximate surface area is 119 Å². The summed E-state index contributed by atoms with van der Waals surface area (Å²) in [6, 6.07) is 4.21. The van der Waals surface area contributed by atoms with Crippen LogP contribution < -0.4 is 5.32 Å². The van der Waals surface area contributed by atoms with Gasteiger partial charge in [-0.1, -0.05) is 51.9 Å². The number of unbranched alkanes of at least 4 members (excludes halogenated alkanes) is 7. The Morgan fingerprint density at radius 1 is 0.895 bits per heavy atom. The van der Waals surface area contributed by atoms with Crippen LogP contribution in [0.15, 0.2) is 12.1 Å². The highest BCUT2D eigenvalue weighted by Crippen LogP contribution is 2.13. The number of hydrogen-bond donors (Lipinski definition) is 1. The van der Waals surface area contributed by atoms with E-state index in [0.29, 0.717) is 0 Å². The molecule has 1 aromatic rings. The Morgan fingerprint density at radius 2 is 1.53 bits per heavy atom. The quantitative estimate of drug-likeness (QED) is 0.582. The lowest BCUT2D eigenvalue weighted by Gasteiger charge is -2.09. The molecule has 0 radical (unpaired) electrons. The van der Waals surface area contributed by atoms with Crippen LogP contribution in [0.3, 0.4) is 0 Å². The SMILES string of the molecule is CCCCCCCCCCNc1ccc(C)nc1C. The fourth-order valence-electron chi connectivity index (χ4n) is 2.36. The first-order valence-electron chi connectivity index (χ1n) is 7.92. The number of nitrogens with one attached hydrogen (secondary N) is 1. The van der Waals surface area contributed by atoms with E-state index in [0.717, 1.165) is 17.9 Å². The average Bonchev–Trinajstić information content (AvgIpc) is 2.39. The van der Waals surface area contributed by atoms with E-state index in [4.69, 9.17) is 0 Å². The van der Waals surface area contributed by atoms with Gasteiger partial charge in [0.05, 0.1) is 11.4 Å². The Kier molecular flexibility index (Phi) is 8.28. The molecular weight excluding hydrogens is 232 g/mol. The summed E-state index contributed by atoms with van der Waals surface area (Å²) in [5.74, 6) is 0. The summed E-state index contributed by atoms with van der Waals surface area (Å²) in [6.07, 6.45) is 11.0. The number of anilines is 1. The molecule has 108 valence electrons. The van der Waals surface area contributed by atoms with Gasteiger partial charge in [0.1, 0.15) is 0 Å². The maximum absolute atomic E-state index is 4.47. The van der Waals surface area contributed by atoms with Crippen LogP contribution in [-0.4, -0.2) is 11.5 Å². The lowest BCUT2D eigenvalue weighted by atomic mass is 10.1. The molecule has 19 heavy (non-hydrogen) atoms. The standard InChI is InChI=1S/C17H30N2/c1-4-5-6-7-8-9-10-11-14-18-17-13-12-15(2)19-16(17)3/h12-13,18H,4-11,14H2,1-3H3. The minimum atomic E-state index is 1.07. The molecule has 1 rings (SSSR count). The first-order chi connectivity index (χ1) is 9.24. The van der Waals surface area contributed by atoms with Crippen molar-refractivity contribution in [2.45, 2.75) is 72.1 Å². The third kappa shape index (κ3) is 7.19. The molecular formula is C17H30N2. The zero-order chi connectivity index (χ0) is 13.9. The molecule has 0 fully saturated rings. The van der Waals surface area contributed by atoms with Crippen molar-refractivity contribution in [3.8, 4) is 0 Å². The Morgan fingerprint density at radius 3 is 2.16 bits per heavy atom. The molecule has 2 heteroatoms. The highest BCUT2D eigenvalue weighted by atomic mass is 14.9. The topological polar surface area (TPSA) is 24.9 Å². The summed E-state index contributed by atoms with van der Waals surface area (Å²) in [5, 5.41) is 3.49. The van der Waals surface area contributed by atoms with Gasteiger partial charge in [-0.3, -0.25) is 4.98 Å². The van der Waals surface area contributed by atoms with Crippen molar-refractivity contribution in [3.63, 3.8) is 0 Å². The second kappa shape index (κ2) is 9.82. The van der Waals surface area contributed by atoms with Crippen molar-refractivity contribution in [2.75, 3.05) is 11.9 Å². The van der Waals surface area contributed by atoms with Gasteiger partial charge in [-0.15, -0.1) is 0 Å². The first kappa shape index (κ1) is 16.0. The second-order valence-electron chi connectivity index (χ2n) is 5.49. The smallest absolute Gasteiger partial charge is 0.0606 e. The Balaban J connectivity index is 2.01. The summed E-state index contributed by atoms with van der Waals surface area (Å²) in [7, 11) is 0. The van der Waals surface area contributed by atoms with Crippen molar-refractivity contribution in [2.24, 2.45) is 0 Å². The highest BCUT2D eigenvalue weighted by Gasteiger charge is 1.98.